The molecule has 0 fully saturated rings. The molecule has 0 aromatic carbocycles. The minimum Gasteiger partial charge on any atom is 0 e. The normalized spacial score (nSPS) is 8.55. The molecule has 0 rings (SSSR count). The first kappa shape index (κ1) is 18.3. The Morgan fingerprint density at radius 1 is 0.818 bits per heavy atom. The summed E-state index contributed by atoms with van der Waals surface area (Å²) >= 11 is 1.94. The van der Waals surface area contributed by atoms with Crippen LogP contribution in [0.2, 0.25) is 10.8 Å². The smallest absolute Gasteiger partial charge is 0 e. The summed E-state index contributed by atoms with van der Waals surface area (Å²) in [5.74, 6) is 0. The summed E-state index contributed by atoms with van der Waals surface area (Å²) in [6.07, 6.45) is 5.52. The third-order valence-corrected chi connectivity index (χ3v) is 2.55. The Morgan fingerprint density at radius 3 is 1.45 bits per heavy atom. The summed E-state index contributed by atoms with van der Waals surface area (Å²) in [7, 11) is 0. The maximum atomic E-state index is 2.25. The van der Waals surface area contributed by atoms with Crippen molar-refractivity contribution >= 4 is 0 Å². The van der Waals surface area contributed by atoms with Gasteiger partial charge in [-0.1, -0.05) is 0 Å². The van der Waals surface area contributed by atoms with Gasteiger partial charge in [-0.25, -0.2) is 0 Å². The van der Waals surface area contributed by atoms with Crippen molar-refractivity contribution in [1.82, 2.24) is 0 Å². The molecule has 0 aliphatic heterocycles. The first-order valence-electron chi connectivity index (χ1n) is 3.86. The molecular weight excluding hydrogens is 272 g/mol. The average Bonchev–Trinajstić information content (AvgIpc) is 1.89. The Balaban J connectivity index is -0.000000320. The molecule has 0 aliphatic rings. The standard InChI is InChI=1S/2C4H9.3Ni/c2*1-3-4-2;;;/h2*1,3-4H2,2H3;;;. The molecule has 0 unspecified atom stereocenters. The Kier molecular flexibility index (Phi) is 29.2. The second-order valence-electron chi connectivity index (χ2n) is 2.18. The van der Waals surface area contributed by atoms with Crippen LogP contribution in [0, 0.1) is 0 Å². The first-order valence-corrected chi connectivity index (χ1v) is 5.26. The predicted octanol–water partition coefficient (Wildman–Crippen LogP) is 3.50. The second-order valence-corrected chi connectivity index (χ2v) is 3.66. The maximum Gasteiger partial charge on any atom is 0 e. The number of rotatable bonds is 6. The van der Waals surface area contributed by atoms with Gasteiger partial charge in [0.2, 0.25) is 0 Å². The van der Waals surface area contributed by atoms with Crippen LogP contribution in [0.15, 0.2) is 0 Å². The van der Waals surface area contributed by atoms with Crippen molar-refractivity contribution in [3.8, 4) is 0 Å². The van der Waals surface area contributed by atoms with E-state index in [1.807, 2.05) is 14.4 Å². The van der Waals surface area contributed by atoms with E-state index in [1.165, 1.54) is 36.5 Å². The molecule has 0 aromatic rings. The van der Waals surface area contributed by atoms with Crippen LogP contribution in [0.1, 0.15) is 39.5 Å². The third-order valence-electron chi connectivity index (χ3n) is 1.15. The van der Waals surface area contributed by atoms with Gasteiger partial charge in [0, 0.05) is 33.0 Å². The molecule has 3 heteroatoms. The Hall–Kier alpha value is 1.48. The molecule has 0 N–H and O–H groups in total. The van der Waals surface area contributed by atoms with Crippen LogP contribution in [-0.2, 0) is 47.4 Å². The Bertz CT molecular complexity index is 42.6. The molecule has 0 heterocycles. The van der Waals surface area contributed by atoms with E-state index < -0.39 is 0 Å². The van der Waals surface area contributed by atoms with Crippen LogP contribution in [0.3, 0.4) is 0 Å². The quantitative estimate of drug-likeness (QED) is 0.519. The van der Waals surface area contributed by atoms with Crippen molar-refractivity contribution in [2.24, 2.45) is 0 Å². The summed E-state index contributed by atoms with van der Waals surface area (Å²) in [5, 5.41) is 2.78. The molecule has 0 atom stereocenters. The molecule has 0 amide bonds. The van der Waals surface area contributed by atoms with Gasteiger partial charge in [-0.2, -0.15) is 0 Å². The average molecular weight is 290 g/mol. The molecule has 0 bridgehead atoms. The third kappa shape index (κ3) is 18.4. The van der Waals surface area contributed by atoms with E-state index >= 15 is 0 Å². The van der Waals surface area contributed by atoms with E-state index in [2.05, 4.69) is 13.8 Å². The van der Waals surface area contributed by atoms with E-state index in [4.69, 9.17) is 0 Å². The summed E-state index contributed by atoms with van der Waals surface area (Å²) in [6.45, 7) is 4.51. The van der Waals surface area contributed by atoms with Crippen LogP contribution in [-0.4, -0.2) is 0 Å². The minimum atomic E-state index is 0. The zero-order valence-electron chi connectivity index (χ0n) is 7.19. The fourth-order valence-corrected chi connectivity index (χ4v) is 1.90. The second kappa shape index (κ2) is 17.5. The summed E-state index contributed by atoms with van der Waals surface area (Å²) < 4.78 is 0. The monoisotopic (exact) mass is 288 g/mol. The molecule has 0 aliphatic carbocycles. The van der Waals surface area contributed by atoms with Gasteiger partial charge in [0.1, 0.15) is 0 Å². The zero-order valence-corrected chi connectivity index (χ0v) is 10.2. The van der Waals surface area contributed by atoms with E-state index in [1.54, 1.807) is 0 Å². The molecule has 80 valence electrons. The van der Waals surface area contributed by atoms with Crippen molar-refractivity contribution in [3.05, 3.63) is 0 Å². The molecule has 0 radical (unpaired) electrons. The molecule has 0 saturated heterocycles. The fraction of sp³-hybridized carbons (Fsp3) is 1.00. The van der Waals surface area contributed by atoms with Crippen molar-refractivity contribution < 1.29 is 47.4 Å². The van der Waals surface area contributed by atoms with Gasteiger partial charge in [-0.3, -0.25) is 0 Å². The van der Waals surface area contributed by atoms with Crippen molar-refractivity contribution in [1.29, 1.82) is 0 Å². The van der Waals surface area contributed by atoms with Crippen molar-refractivity contribution in [3.63, 3.8) is 0 Å². The molecular formula is C8H18Ni3. The summed E-state index contributed by atoms with van der Waals surface area (Å²) in [4.78, 5) is 0. The summed E-state index contributed by atoms with van der Waals surface area (Å²) in [5.41, 5.74) is 0. The predicted molar refractivity (Wildman–Crippen MR) is 39.4 cm³/mol. The minimum absolute atomic E-state index is 0. The number of hydrogen-bond donors (Lipinski definition) is 0. The first-order chi connectivity index (χ1) is 4.41. The van der Waals surface area contributed by atoms with Crippen LogP contribution >= 0.6 is 0 Å². The van der Waals surface area contributed by atoms with Crippen molar-refractivity contribution in [2.45, 2.75) is 50.3 Å². The van der Waals surface area contributed by atoms with E-state index in [0.717, 1.165) is 0 Å². The molecule has 11 heavy (non-hydrogen) atoms. The van der Waals surface area contributed by atoms with Gasteiger partial charge < -0.3 is 0 Å². The van der Waals surface area contributed by atoms with Crippen LogP contribution in [0.25, 0.3) is 0 Å². The van der Waals surface area contributed by atoms with E-state index in [-0.39, 0.29) is 33.0 Å². The van der Waals surface area contributed by atoms with Crippen molar-refractivity contribution in [2.75, 3.05) is 0 Å². The number of unbranched alkanes of at least 4 members (excludes halogenated alkanes) is 2. The van der Waals surface area contributed by atoms with E-state index in [9.17, 15) is 0 Å². The van der Waals surface area contributed by atoms with Crippen LogP contribution < -0.4 is 0 Å². The van der Waals surface area contributed by atoms with Crippen LogP contribution in [0.5, 0.6) is 0 Å². The topological polar surface area (TPSA) is 0 Å². The number of hydrogen-bond acceptors (Lipinski definition) is 0. The molecule has 0 saturated carbocycles. The maximum absolute atomic E-state index is 2.25. The Morgan fingerprint density at radius 2 is 1.18 bits per heavy atom. The van der Waals surface area contributed by atoms with Gasteiger partial charge in [0.05, 0.1) is 0 Å². The van der Waals surface area contributed by atoms with Gasteiger partial charge in [-0.05, 0) is 0 Å². The fourth-order valence-electron chi connectivity index (χ4n) is 0.461. The summed E-state index contributed by atoms with van der Waals surface area (Å²) in [6, 6.07) is 0. The molecule has 0 spiro atoms. The van der Waals surface area contributed by atoms with Gasteiger partial charge in [0.15, 0.2) is 0 Å². The van der Waals surface area contributed by atoms with Gasteiger partial charge in [0.25, 0.3) is 0 Å². The molecule has 0 nitrogen and oxygen atoms in total. The van der Waals surface area contributed by atoms with E-state index in [0.29, 0.717) is 0 Å². The van der Waals surface area contributed by atoms with Gasteiger partial charge in [-0.15, -0.1) is 0 Å². The van der Waals surface area contributed by atoms with Gasteiger partial charge >= 0.3 is 64.8 Å². The SMILES string of the molecule is CCC[CH2][Ni][CH2]CCC.[Ni].[Ni]. The molecule has 0 aromatic heterocycles. The van der Waals surface area contributed by atoms with Crippen LogP contribution in [0.4, 0.5) is 0 Å². The largest absolute Gasteiger partial charge is 0 e. The zero-order chi connectivity index (χ0) is 6.95. The Labute approximate surface area is 97.3 Å².